The van der Waals surface area contributed by atoms with Crippen molar-refractivity contribution in [1.82, 2.24) is 15.0 Å². The highest BCUT2D eigenvalue weighted by molar-refractivity contribution is 6.03. The van der Waals surface area contributed by atoms with Gasteiger partial charge in [-0.3, -0.25) is 14.5 Å². The highest BCUT2D eigenvalue weighted by atomic mass is 16.5. The summed E-state index contributed by atoms with van der Waals surface area (Å²) in [6, 6.07) is 10.7. The maximum Gasteiger partial charge on any atom is 0.274 e. The Kier molecular flexibility index (Phi) is 8.32. The van der Waals surface area contributed by atoms with Gasteiger partial charge in [-0.15, -0.1) is 0 Å². The van der Waals surface area contributed by atoms with E-state index < -0.39 is 0 Å². The zero-order valence-electron chi connectivity index (χ0n) is 25.7. The number of hydrogen-bond acceptors (Lipinski definition) is 7. The Morgan fingerprint density at radius 2 is 1.73 bits per heavy atom. The minimum atomic E-state index is -0.313. The summed E-state index contributed by atoms with van der Waals surface area (Å²) in [6.07, 6.45) is 3.66. The molecule has 3 aromatic rings. The third kappa shape index (κ3) is 7.33. The van der Waals surface area contributed by atoms with Crippen molar-refractivity contribution in [2.24, 2.45) is 0 Å². The molecule has 3 heterocycles. The average molecular weight is 562 g/mol. The molecule has 9 heteroatoms. The predicted octanol–water partition coefficient (Wildman–Crippen LogP) is 6.14. The molecule has 1 aliphatic rings. The lowest BCUT2D eigenvalue weighted by Gasteiger charge is -2.53. The number of nitrogens with zero attached hydrogens (tertiary/aromatic N) is 3. The lowest BCUT2D eigenvalue weighted by molar-refractivity contribution is -0.115. The SMILES string of the molecule is Cc1cc(CC(=O)Nc2cc(C(C)(C)C)on2)ccc1NC(=O)c1ccc(OC2CC(C)(C)N(C)C(C)(C)C2)cn1. The minimum Gasteiger partial charge on any atom is -0.489 e. The quantitative estimate of drug-likeness (QED) is 0.357. The van der Waals surface area contributed by atoms with Crippen LogP contribution in [0.25, 0.3) is 0 Å². The van der Waals surface area contributed by atoms with Gasteiger partial charge in [-0.2, -0.15) is 0 Å². The van der Waals surface area contributed by atoms with Gasteiger partial charge in [0.1, 0.15) is 23.3 Å². The highest BCUT2D eigenvalue weighted by Crippen LogP contribution is 2.38. The van der Waals surface area contributed by atoms with Crippen LogP contribution in [0.15, 0.2) is 47.1 Å². The monoisotopic (exact) mass is 561 g/mol. The third-order valence-electron chi connectivity index (χ3n) is 7.96. The van der Waals surface area contributed by atoms with Gasteiger partial charge in [0, 0.05) is 41.1 Å². The number of likely N-dealkylation sites (tertiary alicyclic amines) is 1. The molecular weight excluding hydrogens is 518 g/mol. The lowest BCUT2D eigenvalue weighted by atomic mass is 9.79. The smallest absolute Gasteiger partial charge is 0.274 e. The van der Waals surface area contributed by atoms with Crippen molar-refractivity contribution in [2.75, 3.05) is 17.7 Å². The first-order valence-electron chi connectivity index (χ1n) is 14.1. The number of amides is 2. The maximum absolute atomic E-state index is 12.9. The predicted molar refractivity (Wildman–Crippen MR) is 160 cm³/mol. The Labute approximate surface area is 243 Å². The van der Waals surface area contributed by atoms with Crippen LogP contribution in [0.1, 0.15) is 88.7 Å². The molecule has 0 radical (unpaired) electrons. The van der Waals surface area contributed by atoms with Gasteiger partial charge in [-0.1, -0.05) is 38.1 Å². The second kappa shape index (κ2) is 11.3. The second-order valence-corrected chi connectivity index (χ2v) is 13.4. The fraction of sp³-hybridized carbons (Fsp3) is 0.500. The van der Waals surface area contributed by atoms with Crippen LogP contribution in [0, 0.1) is 6.92 Å². The summed E-state index contributed by atoms with van der Waals surface area (Å²) in [5.41, 5.74) is 2.45. The number of piperidine rings is 1. The summed E-state index contributed by atoms with van der Waals surface area (Å²) in [4.78, 5) is 32.2. The topological polar surface area (TPSA) is 110 Å². The van der Waals surface area contributed by atoms with E-state index in [1.165, 1.54) is 0 Å². The number of rotatable bonds is 7. The average Bonchev–Trinajstić information content (AvgIpc) is 3.33. The number of anilines is 2. The summed E-state index contributed by atoms with van der Waals surface area (Å²) >= 11 is 0. The number of carbonyl (C=O) groups is 2. The van der Waals surface area contributed by atoms with Crippen LogP contribution in [-0.4, -0.2) is 51.1 Å². The number of hydrogen-bond donors (Lipinski definition) is 2. The van der Waals surface area contributed by atoms with E-state index >= 15 is 0 Å². The molecule has 1 aliphatic heterocycles. The van der Waals surface area contributed by atoms with Gasteiger partial charge >= 0.3 is 0 Å². The van der Waals surface area contributed by atoms with E-state index in [-0.39, 0.29) is 40.8 Å². The van der Waals surface area contributed by atoms with E-state index in [9.17, 15) is 9.59 Å². The Morgan fingerprint density at radius 1 is 1.05 bits per heavy atom. The first kappa shape index (κ1) is 30.2. The standard InChI is InChI=1S/C32H43N5O4/c1-20-14-21(15-28(38)35-27-16-26(41-36-27)30(2,3)4)10-12-24(20)34-29(39)25-13-11-22(19-33-25)40-23-17-31(5,6)37(9)32(7,8)18-23/h10-14,16,19,23H,15,17-18H2,1-9H3,(H,34,39)(H,35,36,38). The summed E-state index contributed by atoms with van der Waals surface area (Å²) in [5.74, 6) is 1.23. The molecule has 0 aliphatic carbocycles. The molecule has 2 amide bonds. The van der Waals surface area contributed by atoms with Crippen molar-refractivity contribution in [1.29, 1.82) is 0 Å². The molecule has 0 unspecified atom stereocenters. The fourth-order valence-electron chi connectivity index (χ4n) is 5.36. The molecule has 0 spiro atoms. The van der Waals surface area contributed by atoms with Gasteiger partial charge < -0.3 is 19.9 Å². The minimum absolute atomic E-state index is 0.0179. The molecule has 1 aromatic carbocycles. The molecule has 4 rings (SSSR count). The Balaban J connectivity index is 1.33. The molecule has 41 heavy (non-hydrogen) atoms. The highest BCUT2D eigenvalue weighted by Gasteiger charge is 2.44. The van der Waals surface area contributed by atoms with E-state index in [1.807, 2.05) is 39.8 Å². The number of aromatic nitrogens is 2. The molecule has 9 nitrogen and oxygen atoms in total. The van der Waals surface area contributed by atoms with Crippen LogP contribution < -0.4 is 15.4 Å². The number of nitrogens with one attached hydrogen (secondary N) is 2. The zero-order chi connectivity index (χ0) is 30.2. The molecular formula is C32H43N5O4. The van der Waals surface area contributed by atoms with Crippen molar-refractivity contribution in [2.45, 2.75) is 97.2 Å². The van der Waals surface area contributed by atoms with Crippen LogP contribution in [0.4, 0.5) is 11.5 Å². The summed E-state index contributed by atoms with van der Waals surface area (Å²) < 4.78 is 11.6. The van der Waals surface area contributed by atoms with Crippen LogP contribution in [0.2, 0.25) is 0 Å². The summed E-state index contributed by atoms with van der Waals surface area (Å²) in [7, 11) is 2.17. The van der Waals surface area contributed by atoms with Gasteiger partial charge in [-0.25, -0.2) is 4.98 Å². The van der Waals surface area contributed by atoms with Gasteiger partial charge in [0.15, 0.2) is 5.82 Å². The first-order valence-corrected chi connectivity index (χ1v) is 14.1. The third-order valence-corrected chi connectivity index (χ3v) is 7.96. The molecule has 1 saturated heterocycles. The van der Waals surface area contributed by atoms with Gasteiger partial charge in [0.05, 0.1) is 12.6 Å². The van der Waals surface area contributed by atoms with Crippen LogP contribution in [0.5, 0.6) is 5.75 Å². The molecule has 0 bridgehead atoms. The second-order valence-electron chi connectivity index (χ2n) is 13.4. The number of ether oxygens (including phenoxy) is 1. The zero-order valence-corrected chi connectivity index (χ0v) is 25.7. The van der Waals surface area contributed by atoms with E-state index in [1.54, 1.807) is 30.5 Å². The molecule has 220 valence electrons. The lowest BCUT2D eigenvalue weighted by Crippen LogP contribution is -2.60. The maximum atomic E-state index is 12.9. The fourth-order valence-corrected chi connectivity index (χ4v) is 5.36. The molecule has 0 atom stereocenters. The van der Waals surface area contributed by atoms with Gasteiger partial charge in [0.25, 0.3) is 5.91 Å². The number of carbonyl (C=O) groups excluding carboxylic acids is 2. The Morgan fingerprint density at radius 3 is 2.29 bits per heavy atom. The van der Waals surface area contributed by atoms with E-state index in [0.717, 1.165) is 24.0 Å². The molecule has 1 fully saturated rings. The van der Waals surface area contributed by atoms with Crippen molar-refractivity contribution in [3.8, 4) is 5.75 Å². The number of pyridine rings is 1. The van der Waals surface area contributed by atoms with E-state index in [2.05, 4.69) is 60.4 Å². The summed E-state index contributed by atoms with van der Waals surface area (Å²) in [5, 5.41) is 9.63. The number of aryl methyl sites for hydroxylation is 1. The van der Waals surface area contributed by atoms with Crippen LogP contribution in [-0.2, 0) is 16.6 Å². The largest absolute Gasteiger partial charge is 0.489 e. The van der Waals surface area contributed by atoms with E-state index in [0.29, 0.717) is 28.7 Å². The first-order chi connectivity index (χ1) is 19.0. The van der Waals surface area contributed by atoms with E-state index in [4.69, 9.17) is 9.26 Å². The van der Waals surface area contributed by atoms with Crippen molar-refractivity contribution in [3.63, 3.8) is 0 Å². The molecule has 2 aromatic heterocycles. The Bertz CT molecular complexity index is 1380. The van der Waals surface area contributed by atoms with Gasteiger partial charge in [-0.05, 0) is 71.0 Å². The number of benzene rings is 1. The Hall–Kier alpha value is -3.72. The summed E-state index contributed by atoms with van der Waals surface area (Å²) in [6.45, 7) is 16.9. The van der Waals surface area contributed by atoms with Crippen molar-refractivity contribution in [3.05, 3.63) is 65.2 Å². The van der Waals surface area contributed by atoms with Gasteiger partial charge in [0.2, 0.25) is 5.91 Å². The van der Waals surface area contributed by atoms with Crippen molar-refractivity contribution < 1.29 is 18.8 Å². The normalized spacial score (nSPS) is 17.2. The molecule has 2 N–H and O–H groups in total. The van der Waals surface area contributed by atoms with Crippen LogP contribution in [0.3, 0.4) is 0 Å². The van der Waals surface area contributed by atoms with Crippen molar-refractivity contribution >= 4 is 23.3 Å². The molecule has 0 saturated carbocycles. The van der Waals surface area contributed by atoms with Crippen LogP contribution >= 0.6 is 0 Å².